The average molecular weight is 764 g/mol. The van der Waals surface area contributed by atoms with Gasteiger partial charge in [-0.1, -0.05) is 0 Å². The average Bonchev–Trinajstić information content (AvgIpc) is 2.83. The molecular weight excluding hydrogens is 735 g/mol. The van der Waals surface area contributed by atoms with Crippen molar-refractivity contribution in [3.8, 4) is 0 Å². The fourth-order valence-corrected chi connectivity index (χ4v) is 0.816. The molecule has 0 aliphatic rings. The SMILES string of the molecule is COC(=O)/C=C/C(=O)[O-].COC(=O)/C=C/C(=O)[O-].COC(=O)/C=C/C(=O)[O-].COC(=O)/C=C/C(=O)[O-].O.O.O.O.[Sr+2].[Sr+2]. The van der Waals surface area contributed by atoms with Crippen LogP contribution in [0.1, 0.15) is 0 Å². The molecule has 0 unspecified atom stereocenters. The third-order valence-corrected chi connectivity index (χ3v) is 2.23. The predicted octanol–water partition coefficient (Wildman–Crippen LogP) is -10.2. The topological polar surface area (TPSA) is 392 Å². The molecular formula is C20H28O20Sr2. The third kappa shape index (κ3) is 76.8. The summed E-state index contributed by atoms with van der Waals surface area (Å²) in [5.74, 6) is -8.50. The van der Waals surface area contributed by atoms with E-state index in [4.69, 9.17) is 0 Å². The van der Waals surface area contributed by atoms with E-state index in [1.54, 1.807) is 0 Å². The molecule has 0 heterocycles. The van der Waals surface area contributed by atoms with Gasteiger partial charge >= 0.3 is 115 Å². The summed E-state index contributed by atoms with van der Waals surface area (Å²) in [5, 5.41) is 38.5. The summed E-state index contributed by atoms with van der Waals surface area (Å²) in [6, 6.07) is 0. The number of carboxylic acids is 4. The van der Waals surface area contributed by atoms with E-state index < -0.39 is 47.8 Å². The Morgan fingerprint density at radius 1 is 0.357 bits per heavy atom. The van der Waals surface area contributed by atoms with E-state index in [1.165, 1.54) is 0 Å². The van der Waals surface area contributed by atoms with Crippen LogP contribution in [0.3, 0.4) is 0 Å². The maximum absolute atomic E-state index is 10.1. The summed E-state index contributed by atoms with van der Waals surface area (Å²) in [6.45, 7) is 0. The predicted molar refractivity (Wildman–Crippen MR) is 131 cm³/mol. The quantitative estimate of drug-likeness (QED) is 0.0958. The zero-order chi connectivity index (χ0) is 29.1. The second kappa shape index (κ2) is 48.3. The smallest absolute Gasteiger partial charge is 0.545 e. The molecule has 0 aliphatic heterocycles. The maximum Gasteiger partial charge on any atom is 2.00 e. The minimum absolute atomic E-state index is 0. The normalized spacial score (nSPS) is 8.10. The summed E-state index contributed by atoms with van der Waals surface area (Å²) in [6.07, 6.45) is 5.50. The molecule has 0 fully saturated rings. The zero-order valence-electron chi connectivity index (χ0n) is 22.6. The first-order chi connectivity index (χ1) is 16.7. The van der Waals surface area contributed by atoms with Crippen LogP contribution < -0.4 is 20.4 Å². The van der Waals surface area contributed by atoms with Gasteiger partial charge in [0, 0.05) is 24.3 Å². The first kappa shape index (κ1) is 67.3. The Bertz CT molecular complexity index is 748. The molecule has 42 heavy (non-hydrogen) atoms. The Balaban J connectivity index is -0.0000000388. The fraction of sp³-hybridized carbons (Fsp3) is 0.200. The summed E-state index contributed by atoms with van der Waals surface area (Å²) >= 11 is 0. The molecule has 20 nitrogen and oxygen atoms in total. The van der Waals surface area contributed by atoms with Crippen molar-refractivity contribution in [3.05, 3.63) is 48.6 Å². The Kier molecular flexibility index (Phi) is 77.3. The number of carbonyl (C=O) groups excluding carboxylic acids is 8. The molecule has 0 rings (SSSR count). The second-order valence-electron chi connectivity index (χ2n) is 4.70. The molecule has 0 aromatic heterocycles. The van der Waals surface area contributed by atoms with E-state index in [-0.39, 0.29) is 113 Å². The number of methoxy groups -OCH3 is 4. The number of hydrogen-bond donors (Lipinski definition) is 0. The van der Waals surface area contributed by atoms with Crippen molar-refractivity contribution in [2.24, 2.45) is 0 Å². The van der Waals surface area contributed by atoms with Gasteiger partial charge in [-0.15, -0.1) is 0 Å². The van der Waals surface area contributed by atoms with Gasteiger partial charge in [0.1, 0.15) is 0 Å². The van der Waals surface area contributed by atoms with Gasteiger partial charge in [0.25, 0.3) is 0 Å². The molecule has 0 spiro atoms. The Labute approximate surface area is 312 Å². The van der Waals surface area contributed by atoms with E-state index in [9.17, 15) is 58.8 Å². The van der Waals surface area contributed by atoms with Crippen LogP contribution in [0.25, 0.3) is 0 Å². The zero-order valence-corrected chi connectivity index (χ0v) is 29.5. The standard InChI is InChI=1S/4C5H6O4.4H2O.2Sr/c4*1-9-5(8)3-2-4(6)7;;;;;;/h4*2-3H,1H3,(H,6,7);4*1H2;;/q;;;;;;;;2*+2/p-4/b4*3-2+;;;;;;. The Morgan fingerprint density at radius 3 is 0.548 bits per heavy atom. The summed E-state index contributed by atoms with van der Waals surface area (Å²) in [4.78, 5) is 78.9. The number of carbonyl (C=O) groups is 8. The molecule has 0 atom stereocenters. The largest absolute Gasteiger partial charge is 2.00 e. The van der Waals surface area contributed by atoms with Crippen LogP contribution in [0.2, 0.25) is 0 Å². The number of rotatable bonds is 8. The summed E-state index contributed by atoms with van der Waals surface area (Å²) in [5.41, 5.74) is 0. The van der Waals surface area contributed by atoms with Crippen molar-refractivity contribution in [3.63, 3.8) is 0 Å². The van der Waals surface area contributed by atoms with Crippen LogP contribution in [0.5, 0.6) is 0 Å². The van der Waals surface area contributed by atoms with Crippen molar-refractivity contribution in [2.45, 2.75) is 0 Å². The molecule has 0 bridgehead atoms. The van der Waals surface area contributed by atoms with Crippen LogP contribution >= 0.6 is 0 Å². The maximum atomic E-state index is 10.1. The molecule has 0 amide bonds. The van der Waals surface area contributed by atoms with Gasteiger partial charge in [0.05, 0.1) is 52.3 Å². The van der Waals surface area contributed by atoms with Crippen molar-refractivity contribution >= 4 is 139 Å². The van der Waals surface area contributed by atoms with E-state index in [2.05, 4.69) is 18.9 Å². The van der Waals surface area contributed by atoms with Crippen molar-refractivity contribution in [1.82, 2.24) is 0 Å². The van der Waals surface area contributed by atoms with Gasteiger partial charge in [-0.05, 0) is 24.3 Å². The molecule has 8 N–H and O–H groups in total. The van der Waals surface area contributed by atoms with Gasteiger partial charge < -0.3 is 80.5 Å². The van der Waals surface area contributed by atoms with Crippen LogP contribution in [-0.2, 0) is 57.3 Å². The molecule has 0 aliphatic carbocycles. The van der Waals surface area contributed by atoms with E-state index in [1.807, 2.05) is 0 Å². The molecule has 22 heteroatoms. The van der Waals surface area contributed by atoms with E-state index in [0.29, 0.717) is 24.3 Å². The molecule has 0 saturated carbocycles. The minimum Gasteiger partial charge on any atom is -0.545 e. The monoisotopic (exact) mass is 764 g/mol. The summed E-state index contributed by atoms with van der Waals surface area (Å²) < 4.78 is 16.3. The summed E-state index contributed by atoms with van der Waals surface area (Å²) in [7, 11) is 4.62. The number of aliphatic carboxylic acids is 4. The first-order valence-corrected chi connectivity index (χ1v) is 8.54. The minimum atomic E-state index is -1.42. The van der Waals surface area contributed by atoms with Crippen LogP contribution in [-0.4, -0.2) is 189 Å². The number of ether oxygens (including phenoxy) is 4. The van der Waals surface area contributed by atoms with Crippen LogP contribution in [0.15, 0.2) is 48.6 Å². The molecule has 232 valence electrons. The third-order valence-electron chi connectivity index (χ3n) is 2.23. The Morgan fingerprint density at radius 2 is 0.476 bits per heavy atom. The van der Waals surface area contributed by atoms with Gasteiger partial charge in [-0.25, -0.2) is 19.2 Å². The van der Waals surface area contributed by atoms with E-state index >= 15 is 0 Å². The molecule has 0 aromatic carbocycles. The Hall–Kier alpha value is -2.48. The second-order valence-corrected chi connectivity index (χ2v) is 4.70. The van der Waals surface area contributed by atoms with Crippen molar-refractivity contribution in [2.75, 3.05) is 28.4 Å². The first-order valence-electron chi connectivity index (χ1n) is 8.54. The number of carboxylic acid groups (broad SMARTS) is 4. The molecule has 0 saturated heterocycles. The van der Waals surface area contributed by atoms with Crippen LogP contribution in [0.4, 0.5) is 0 Å². The van der Waals surface area contributed by atoms with Gasteiger partial charge in [-0.3, -0.25) is 0 Å². The van der Waals surface area contributed by atoms with Gasteiger partial charge in [-0.2, -0.15) is 0 Å². The molecule has 0 aromatic rings. The van der Waals surface area contributed by atoms with Gasteiger partial charge in [0.15, 0.2) is 0 Å². The number of esters is 4. The molecule has 0 radical (unpaired) electrons. The fourth-order valence-electron chi connectivity index (χ4n) is 0.816. The van der Waals surface area contributed by atoms with Crippen molar-refractivity contribution < 1.29 is 99.6 Å². The number of hydrogen-bond acceptors (Lipinski definition) is 16. The van der Waals surface area contributed by atoms with Gasteiger partial charge in [0.2, 0.25) is 0 Å². The van der Waals surface area contributed by atoms with Crippen LogP contribution in [0, 0.1) is 0 Å². The van der Waals surface area contributed by atoms with Crippen molar-refractivity contribution in [1.29, 1.82) is 0 Å². The van der Waals surface area contributed by atoms with E-state index in [0.717, 1.165) is 52.7 Å².